The number of ether oxygens (including phenoxy) is 2. The lowest BCUT2D eigenvalue weighted by Gasteiger charge is -2.26. The number of rotatable bonds is 4. The molecule has 0 fully saturated rings. The third-order valence-electron chi connectivity index (χ3n) is 6.32. The summed E-state index contributed by atoms with van der Waals surface area (Å²) in [5.41, 5.74) is 4.63. The summed E-state index contributed by atoms with van der Waals surface area (Å²) in [6.07, 6.45) is 7.66. The van der Waals surface area contributed by atoms with E-state index >= 15 is 0 Å². The highest BCUT2D eigenvalue weighted by Gasteiger charge is 2.24. The average molecular weight is 422 g/mol. The quantitative estimate of drug-likeness (QED) is 0.392. The molecule has 0 saturated carbocycles. The molecule has 0 amide bonds. The number of pyridine rings is 1. The normalized spacial score (nSPS) is 15.5. The fourth-order valence-electron chi connectivity index (χ4n) is 4.66. The van der Waals surface area contributed by atoms with Crippen molar-refractivity contribution in [3.63, 3.8) is 0 Å². The number of hydrogen-bond acceptors (Lipinski definition) is 4. The smallest absolute Gasteiger partial charge is 0.141 e. The largest absolute Gasteiger partial charge is 0.497 e. The second kappa shape index (κ2) is 7.68. The van der Waals surface area contributed by atoms with Crippen molar-refractivity contribution in [2.75, 3.05) is 13.7 Å². The van der Waals surface area contributed by atoms with Crippen LogP contribution < -0.4 is 9.47 Å². The lowest BCUT2D eigenvalue weighted by Crippen LogP contribution is -2.25. The summed E-state index contributed by atoms with van der Waals surface area (Å²) in [7, 11) is 1.69. The maximum atomic E-state index is 6.09. The number of methoxy groups -OCH3 is 1. The van der Waals surface area contributed by atoms with Crippen molar-refractivity contribution in [1.29, 1.82) is 0 Å². The van der Waals surface area contributed by atoms with E-state index in [1.807, 2.05) is 30.6 Å². The van der Waals surface area contributed by atoms with Gasteiger partial charge in [0.1, 0.15) is 18.1 Å². The molecule has 0 N–H and O–H groups in total. The van der Waals surface area contributed by atoms with Gasteiger partial charge in [-0.15, -0.1) is 0 Å². The Morgan fingerprint density at radius 1 is 1.03 bits per heavy atom. The maximum absolute atomic E-state index is 6.09. The summed E-state index contributed by atoms with van der Waals surface area (Å²) in [5.74, 6) is 1.68. The van der Waals surface area contributed by atoms with Gasteiger partial charge in [0.15, 0.2) is 0 Å². The molecule has 3 aromatic carbocycles. The summed E-state index contributed by atoms with van der Waals surface area (Å²) in [6, 6.07) is 21.1. The van der Waals surface area contributed by atoms with Gasteiger partial charge in [-0.1, -0.05) is 42.5 Å². The minimum absolute atomic E-state index is 0.139. The Hall–Kier alpha value is -3.86. The second-order valence-corrected chi connectivity index (χ2v) is 8.30. The van der Waals surface area contributed by atoms with E-state index in [4.69, 9.17) is 14.6 Å². The van der Waals surface area contributed by atoms with Gasteiger partial charge >= 0.3 is 0 Å². The number of aromatic nitrogens is 3. The van der Waals surface area contributed by atoms with Crippen LogP contribution in [0.4, 0.5) is 0 Å². The van der Waals surface area contributed by atoms with E-state index in [0.717, 1.165) is 40.8 Å². The van der Waals surface area contributed by atoms with Crippen LogP contribution in [0.1, 0.15) is 22.7 Å². The molecule has 0 spiro atoms. The first-order chi connectivity index (χ1) is 15.8. The molecule has 0 radical (unpaired) electrons. The van der Waals surface area contributed by atoms with Crippen LogP contribution in [0.25, 0.3) is 21.7 Å². The van der Waals surface area contributed by atoms with Crippen molar-refractivity contribution in [2.45, 2.75) is 18.9 Å². The van der Waals surface area contributed by atoms with Gasteiger partial charge < -0.3 is 9.47 Å². The molecule has 1 aliphatic heterocycles. The molecule has 5 nitrogen and oxygen atoms in total. The molecule has 3 heterocycles. The Labute approximate surface area is 186 Å². The van der Waals surface area contributed by atoms with E-state index in [2.05, 4.69) is 58.3 Å². The minimum atomic E-state index is 0.139. The van der Waals surface area contributed by atoms with E-state index in [1.54, 1.807) is 7.11 Å². The van der Waals surface area contributed by atoms with Crippen molar-refractivity contribution < 1.29 is 9.47 Å². The second-order valence-electron chi connectivity index (χ2n) is 8.30. The van der Waals surface area contributed by atoms with E-state index in [9.17, 15) is 0 Å². The zero-order valence-electron chi connectivity index (χ0n) is 17.9. The molecule has 32 heavy (non-hydrogen) atoms. The summed E-state index contributed by atoms with van der Waals surface area (Å²) >= 11 is 0. The van der Waals surface area contributed by atoms with Gasteiger partial charge in [-0.05, 0) is 40.1 Å². The molecular weight excluding hydrogens is 398 g/mol. The van der Waals surface area contributed by atoms with Crippen LogP contribution in [-0.2, 0) is 12.8 Å². The highest BCUT2D eigenvalue weighted by molar-refractivity contribution is 5.86. The van der Waals surface area contributed by atoms with Gasteiger partial charge in [0.2, 0.25) is 0 Å². The molecule has 1 atom stereocenters. The molecule has 158 valence electrons. The topological polar surface area (TPSA) is 49.2 Å². The highest BCUT2D eigenvalue weighted by atomic mass is 16.5. The fourth-order valence-corrected chi connectivity index (χ4v) is 4.66. The van der Waals surface area contributed by atoms with Crippen molar-refractivity contribution in [2.24, 2.45) is 0 Å². The van der Waals surface area contributed by atoms with Crippen molar-refractivity contribution in [1.82, 2.24) is 14.8 Å². The molecule has 1 unspecified atom stereocenters. The Morgan fingerprint density at radius 2 is 1.94 bits per heavy atom. The van der Waals surface area contributed by atoms with E-state index in [0.29, 0.717) is 6.61 Å². The Bertz CT molecular complexity index is 1430. The monoisotopic (exact) mass is 421 g/mol. The number of nitrogens with zero attached hydrogens (tertiary/aromatic N) is 3. The van der Waals surface area contributed by atoms with Crippen molar-refractivity contribution >= 4 is 21.7 Å². The van der Waals surface area contributed by atoms with E-state index in [1.165, 1.54) is 21.9 Å². The summed E-state index contributed by atoms with van der Waals surface area (Å²) < 4.78 is 13.6. The standard InChI is InChI=1S/C27H23N3O2/c1-31-22-9-10-26-24(13-22)25-12-21(17-32-27(25)15-28-26)30-16-18(14-29-30)11-20-7-4-6-19-5-2-3-8-23(19)20/h2-10,13-16,21H,11-12,17H2,1H3. The molecule has 2 aromatic heterocycles. The molecule has 1 aliphatic rings. The van der Waals surface area contributed by atoms with E-state index in [-0.39, 0.29) is 6.04 Å². The first-order valence-electron chi connectivity index (χ1n) is 10.9. The summed E-state index contributed by atoms with van der Waals surface area (Å²) in [4.78, 5) is 4.54. The van der Waals surface area contributed by atoms with Crippen molar-refractivity contribution in [3.05, 3.63) is 95.9 Å². The summed E-state index contributed by atoms with van der Waals surface area (Å²) in [6.45, 7) is 0.583. The van der Waals surface area contributed by atoms with Crippen LogP contribution in [0.15, 0.2) is 79.3 Å². The Balaban J connectivity index is 1.29. The Morgan fingerprint density at radius 3 is 2.88 bits per heavy atom. The fraction of sp³-hybridized carbons (Fsp3) is 0.185. The third kappa shape index (κ3) is 3.26. The van der Waals surface area contributed by atoms with Crippen LogP contribution in [0.5, 0.6) is 11.5 Å². The molecule has 0 aliphatic carbocycles. The molecule has 0 saturated heterocycles. The molecule has 5 aromatic rings. The lowest BCUT2D eigenvalue weighted by molar-refractivity contribution is 0.214. The predicted octanol–water partition coefficient (Wildman–Crippen LogP) is 5.36. The number of benzene rings is 3. The number of fused-ring (bicyclic) bond motifs is 4. The number of hydrogen-bond donors (Lipinski definition) is 0. The average Bonchev–Trinajstić information content (AvgIpc) is 3.32. The van der Waals surface area contributed by atoms with E-state index < -0.39 is 0 Å². The maximum Gasteiger partial charge on any atom is 0.141 e. The zero-order valence-corrected chi connectivity index (χ0v) is 17.9. The highest BCUT2D eigenvalue weighted by Crippen LogP contribution is 2.35. The molecular formula is C27H23N3O2. The van der Waals surface area contributed by atoms with Crippen LogP contribution >= 0.6 is 0 Å². The van der Waals surface area contributed by atoms with Gasteiger partial charge in [0.25, 0.3) is 0 Å². The molecule has 0 bridgehead atoms. The van der Waals surface area contributed by atoms with Gasteiger partial charge in [-0.2, -0.15) is 5.10 Å². The summed E-state index contributed by atoms with van der Waals surface area (Å²) in [5, 5.41) is 8.34. The lowest BCUT2D eigenvalue weighted by atomic mass is 9.98. The zero-order chi connectivity index (χ0) is 21.5. The Kier molecular flexibility index (Phi) is 4.53. The van der Waals surface area contributed by atoms with Gasteiger partial charge in [-0.3, -0.25) is 9.67 Å². The van der Waals surface area contributed by atoms with Gasteiger partial charge in [-0.25, -0.2) is 0 Å². The minimum Gasteiger partial charge on any atom is -0.497 e. The third-order valence-corrected chi connectivity index (χ3v) is 6.32. The molecule has 6 rings (SSSR count). The van der Waals surface area contributed by atoms with Crippen LogP contribution in [0, 0.1) is 0 Å². The first-order valence-corrected chi connectivity index (χ1v) is 10.9. The van der Waals surface area contributed by atoms with Crippen molar-refractivity contribution in [3.8, 4) is 11.5 Å². The van der Waals surface area contributed by atoms with Crippen LogP contribution in [-0.4, -0.2) is 28.5 Å². The predicted molar refractivity (Wildman–Crippen MR) is 126 cm³/mol. The first kappa shape index (κ1) is 18.9. The van der Waals surface area contributed by atoms with Gasteiger partial charge in [0.05, 0.1) is 31.1 Å². The van der Waals surface area contributed by atoms with Gasteiger partial charge in [0, 0.05) is 30.0 Å². The molecule has 5 heteroatoms. The van der Waals surface area contributed by atoms with Crippen LogP contribution in [0.3, 0.4) is 0 Å². The van der Waals surface area contributed by atoms with Crippen LogP contribution in [0.2, 0.25) is 0 Å². The SMILES string of the molecule is COc1ccc2ncc3c(c2c1)CC(n1cc(Cc2cccc4ccccc24)cn1)CO3.